The van der Waals surface area contributed by atoms with Crippen LogP contribution in [0.1, 0.15) is 19.8 Å². The second kappa shape index (κ2) is 5.12. The maximum absolute atomic E-state index is 4.07. The SMILES string of the molecule is CCCN(c1ccncc1)C1CCNC1. The quantitative estimate of drug-likeness (QED) is 0.810. The molecule has 1 aliphatic heterocycles. The number of pyridine rings is 1. The minimum atomic E-state index is 0.660. The molecule has 0 bridgehead atoms. The lowest BCUT2D eigenvalue weighted by atomic mass is 10.2. The molecular formula is C12H19N3. The van der Waals surface area contributed by atoms with E-state index in [-0.39, 0.29) is 0 Å². The van der Waals surface area contributed by atoms with Crippen molar-refractivity contribution in [1.82, 2.24) is 10.3 Å². The molecule has 1 N–H and O–H groups in total. The molecule has 1 atom stereocenters. The summed E-state index contributed by atoms with van der Waals surface area (Å²) in [5.41, 5.74) is 1.31. The van der Waals surface area contributed by atoms with Crippen molar-refractivity contribution in [3.8, 4) is 0 Å². The van der Waals surface area contributed by atoms with E-state index < -0.39 is 0 Å². The molecule has 15 heavy (non-hydrogen) atoms. The second-order valence-corrected chi connectivity index (χ2v) is 4.05. The standard InChI is InChI=1S/C12H19N3/c1-2-9-15(12-5-8-14-10-12)11-3-6-13-7-4-11/h3-4,6-7,12,14H,2,5,8-10H2,1H3. The number of hydrogen-bond donors (Lipinski definition) is 1. The molecule has 3 nitrogen and oxygen atoms in total. The van der Waals surface area contributed by atoms with E-state index in [0.717, 1.165) is 19.6 Å². The van der Waals surface area contributed by atoms with Gasteiger partial charge in [0.15, 0.2) is 0 Å². The van der Waals surface area contributed by atoms with Crippen molar-refractivity contribution in [3.63, 3.8) is 0 Å². The molecule has 1 aromatic rings. The Kier molecular flexibility index (Phi) is 3.56. The third-order valence-corrected chi connectivity index (χ3v) is 2.93. The Bertz CT molecular complexity index is 280. The van der Waals surface area contributed by atoms with Crippen LogP contribution in [0.3, 0.4) is 0 Å². The summed E-state index contributed by atoms with van der Waals surface area (Å²) < 4.78 is 0. The summed E-state index contributed by atoms with van der Waals surface area (Å²) in [6.07, 6.45) is 6.20. The topological polar surface area (TPSA) is 28.2 Å². The van der Waals surface area contributed by atoms with Gasteiger partial charge >= 0.3 is 0 Å². The Labute approximate surface area is 91.5 Å². The van der Waals surface area contributed by atoms with Crippen LogP contribution in [0.2, 0.25) is 0 Å². The Morgan fingerprint density at radius 2 is 2.27 bits per heavy atom. The second-order valence-electron chi connectivity index (χ2n) is 4.05. The molecule has 82 valence electrons. The third-order valence-electron chi connectivity index (χ3n) is 2.93. The van der Waals surface area contributed by atoms with Crippen LogP contribution in [0.5, 0.6) is 0 Å². The molecule has 0 amide bonds. The molecule has 0 saturated carbocycles. The fourth-order valence-corrected chi connectivity index (χ4v) is 2.20. The van der Waals surface area contributed by atoms with Gasteiger partial charge in [-0.1, -0.05) is 6.92 Å². The molecule has 0 radical (unpaired) electrons. The number of anilines is 1. The van der Waals surface area contributed by atoms with Crippen LogP contribution in [0, 0.1) is 0 Å². The van der Waals surface area contributed by atoms with Crippen molar-refractivity contribution < 1.29 is 0 Å². The van der Waals surface area contributed by atoms with Crippen LogP contribution in [0.15, 0.2) is 24.5 Å². The summed E-state index contributed by atoms with van der Waals surface area (Å²) in [4.78, 5) is 6.57. The smallest absolute Gasteiger partial charge is 0.0426 e. The van der Waals surface area contributed by atoms with Crippen molar-refractivity contribution >= 4 is 5.69 Å². The monoisotopic (exact) mass is 205 g/mol. The Morgan fingerprint density at radius 1 is 1.47 bits per heavy atom. The largest absolute Gasteiger partial charge is 0.367 e. The molecule has 1 aliphatic rings. The first-order chi connectivity index (χ1) is 7.42. The average molecular weight is 205 g/mol. The fraction of sp³-hybridized carbons (Fsp3) is 0.583. The highest BCUT2D eigenvalue weighted by Gasteiger charge is 2.21. The minimum Gasteiger partial charge on any atom is -0.367 e. The molecule has 1 saturated heterocycles. The van der Waals surface area contributed by atoms with Gasteiger partial charge in [0.25, 0.3) is 0 Å². The van der Waals surface area contributed by atoms with Gasteiger partial charge in [0.2, 0.25) is 0 Å². The van der Waals surface area contributed by atoms with E-state index >= 15 is 0 Å². The van der Waals surface area contributed by atoms with E-state index in [1.165, 1.54) is 18.5 Å². The van der Waals surface area contributed by atoms with Crippen molar-refractivity contribution in [2.45, 2.75) is 25.8 Å². The highest BCUT2D eigenvalue weighted by molar-refractivity contribution is 5.46. The zero-order chi connectivity index (χ0) is 10.5. The van der Waals surface area contributed by atoms with Gasteiger partial charge in [-0.2, -0.15) is 0 Å². The van der Waals surface area contributed by atoms with Crippen LogP contribution in [0.4, 0.5) is 5.69 Å². The van der Waals surface area contributed by atoms with E-state index in [4.69, 9.17) is 0 Å². The molecule has 0 spiro atoms. The van der Waals surface area contributed by atoms with Gasteiger partial charge in [-0.05, 0) is 31.5 Å². The van der Waals surface area contributed by atoms with E-state index in [0.29, 0.717) is 6.04 Å². The predicted octanol–water partition coefficient (Wildman–Crippen LogP) is 1.66. The first-order valence-electron chi connectivity index (χ1n) is 5.79. The number of rotatable bonds is 4. The normalized spacial score (nSPS) is 20.5. The lowest BCUT2D eigenvalue weighted by molar-refractivity contribution is 0.625. The van der Waals surface area contributed by atoms with Crippen molar-refractivity contribution in [2.24, 2.45) is 0 Å². The predicted molar refractivity (Wildman–Crippen MR) is 63.1 cm³/mol. The summed E-state index contributed by atoms with van der Waals surface area (Å²) in [5, 5.41) is 3.42. The molecule has 1 unspecified atom stereocenters. The Balaban J connectivity index is 2.11. The van der Waals surface area contributed by atoms with Crippen molar-refractivity contribution in [1.29, 1.82) is 0 Å². The van der Waals surface area contributed by atoms with E-state index in [2.05, 4.69) is 34.3 Å². The van der Waals surface area contributed by atoms with Crippen molar-refractivity contribution in [2.75, 3.05) is 24.5 Å². The highest BCUT2D eigenvalue weighted by atomic mass is 15.2. The molecular weight excluding hydrogens is 186 g/mol. The molecule has 1 aromatic heterocycles. The first kappa shape index (κ1) is 10.4. The summed E-state index contributed by atoms with van der Waals surface area (Å²) in [6, 6.07) is 4.87. The lowest BCUT2D eigenvalue weighted by Gasteiger charge is -2.30. The molecule has 0 aromatic carbocycles. The average Bonchev–Trinajstić information content (AvgIpc) is 2.80. The number of hydrogen-bond acceptors (Lipinski definition) is 3. The zero-order valence-corrected chi connectivity index (χ0v) is 9.32. The molecule has 3 heteroatoms. The first-order valence-corrected chi connectivity index (χ1v) is 5.79. The van der Waals surface area contributed by atoms with Gasteiger partial charge in [-0.3, -0.25) is 4.98 Å². The van der Waals surface area contributed by atoms with Crippen molar-refractivity contribution in [3.05, 3.63) is 24.5 Å². The van der Waals surface area contributed by atoms with E-state index in [9.17, 15) is 0 Å². The summed E-state index contributed by atoms with van der Waals surface area (Å²) >= 11 is 0. The molecule has 0 aliphatic carbocycles. The number of aromatic nitrogens is 1. The van der Waals surface area contributed by atoms with Gasteiger partial charge in [0, 0.05) is 37.2 Å². The summed E-state index contributed by atoms with van der Waals surface area (Å²) in [5.74, 6) is 0. The van der Waals surface area contributed by atoms with Gasteiger partial charge in [0.1, 0.15) is 0 Å². The lowest BCUT2D eigenvalue weighted by Crippen LogP contribution is -2.37. The number of nitrogens with one attached hydrogen (secondary N) is 1. The minimum absolute atomic E-state index is 0.660. The van der Waals surface area contributed by atoms with Crippen LogP contribution >= 0.6 is 0 Å². The maximum Gasteiger partial charge on any atom is 0.0426 e. The van der Waals surface area contributed by atoms with Crippen LogP contribution in [0.25, 0.3) is 0 Å². The van der Waals surface area contributed by atoms with Gasteiger partial charge in [0.05, 0.1) is 0 Å². The Morgan fingerprint density at radius 3 is 2.87 bits per heavy atom. The molecule has 2 rings (SSSR count). The van der Waals surface area contributed by atoms with Crippen LogP contribution in [-0.2, 0) is 0 Å². The van der Waals surface area contributed by atoms with Gasteiger partial charge in [-0.15, -0.1) is 0 Å². The Hall–Kier alpha value is -1.09. The maximum atomic E-state index is 4.07. The molecule has 2 heterocycles. The zero-order valence-electron chi connectivity index (χ0n) is 9.32. The van der Waals surface area contributed by atoms with Crippen LogP contribution < -0.4 is 10.2 Å². The fourth-order valence-electron chi connectivity index (χ4n) is 2.20. The summed E-state index contributed by atoms with van der Waals surface area (Å²) in [6.45, 7) is 5.63. The molecule has 1 fully saturated rings. The van der Waals surface area contributed by atoms with Gasteiger partial charge < -0.3 is 10.2 Å². The number of nitrogens with zero attached hydrogens (tertiary/aromatic N) is 2. The van der Waals surface area contributed by atoms with E-state index in [1.54, 1.807) is 0 Å². The van der Waals surface area contributed by atoms with Gasteiger partial charge in [-0.25, -0.2) is 0 Å². The van der Waals surface area contributed by atoms with Crippen LogP contribution in [-0.4, -0.2) is 30.7 Å². The third kappa shape index (κ3) is 2.48. The highest BCUT2D eigenvalue weighted by Crippen LogP contribution is 2.19. The summed E-state index contributed by atoms with van der Waals surface area (Å²) in [7, 11) is 0. The van der Waals surface area contributed by atoms with E-state index in [1.807, 2.05) is 12.4 Å².